The minimum atomic E-state index is -1.41. The molecule has 6 N–H and O–H groups in total. The fraction of sp³-hybridized carbons (Fsp3) is 0.455. The highest BCUT2D eigenvalue weighted by atomic mass is 32.1. The van der Waals surface area contributed by atoms with Crippen LogP contribution in [0.5, 0.6) is 0 Å². The van der Waals surface area contributed by atoms with Crippen LogP contribution in [0.3, 0.4) is 0 Å². The van der Waals surface area contributed by atoms with Gasteiger partial charge in [0.05, 0.1) is 30.5 Å². The molecule has 1 atom stereocenters. The first-order chi connectivity index (χ1) is 17.3. The molecule has 0 aliphatic carbocycles. The SMILES string of the molecule is O=C(O)CNC(Cc1ccc(N=C=S)cc1)CN(CC[N+](CC(=O)O)(CC(=O)O)CC(=O)O)CC(=O)O. The lowest BCUT2D eigenvalue weighted by molar-refractivity contribution is -0.907. The number of rotatable bonds is 19. The van der Waals surface area contributed by atoms with Crippen LogP contribution in [0.25, 0.3) is 0 Å². The molecule has 1 rings (SSSR count). The number of carbonyl (C=O) groups is 5. The quantitative estimate of drug-likeness (QED) is 0.0738. The minimum absolute atomic E-state index is 0.00731. The Morgan fingerprint density at radius 2 is 1.43 bits per heavy atom. The first-order valence-electron chi connectivity index (χ1n) is 10.9. The minimum Gasteiger partial charge on any atom is -0.480 e. The molecule has 0 radical (unpaired) electrons. The van der Waals surface area contributed by atoms with Crippen molar-refractivity contribution in [3.63, 3.8) is 0 Å². The summed E-state index contributed by atoms with van der Waals surface area (Å²) in [7, 11) is 0. The first kappa shape index (κ1) is 31.3. The number of carboxylic acids is 5. The molecule has 202 valence electrons. The second kappa shape index (κ2) is 15.4. The number of nitrogens with one attached hydrogen (secondary N) is 1. The Morgan fingerprint density at radius 3 is 1.86 bits per heavy atom. The van der Waals surface area contributed by atoms with Gasteiger partial charge in [-0.05, 0) is 36.3 Å². The molecule has 14 nitrogen and oxygen atoms in total. The summed E-state index contributed by atoms with van der Waals surface area (Å²) in [6.45, 7) is -3.78. The summed E-state index contributed by atoms with van der Waals surface area (Å²) in [6.07, 6.45) is 0.282. The normalized spacial score (nSPS) is 11.9. The van der Waals surface area contributed by atoms with Crippen LogP contribution in [0.2, 0.25) is 0 Å². The van der Waals surface area contributed by atoms with Crippen LogP contribution in [-0.4, -0.2) is 128 Å². The zero-order chi connectivity index (χ0) is 28.0. The molecule has 1 unspecified atom stereocenters. The summed E-state index contributed by atoms with van der Waals surface area (Å²) < 4.78 is -0.842. The molecule has 0 amide bonds. The number of carboxylic acid groups (broad SMARTS) is 5. The van der Waals surface area contributed by atoms with E-state index in [0.717, 1.165) is 5.56 Å². The van der Waals surface area contributed by atoms with Crippen molar-refractivity contribution in [2.45, 2.75) is 12.5 Å². The Hall–Kier alpha value is -3.75. The predicted molar refractivity (Wildman–Crippen MR) is 131 cm³/mol. The number of nitrogens with zero attached hydrogens (tertiary/aromatic N) is 3. The van der Waals surface area contributed by atoms with Crippen LogP contribution >= 0.6 is 12.2 Å². The van der Waals surface area contributed by atoms with E-state index in [0.29, 0.717) is 5.69 Å². The Morgan fingerprint density at radius 1 is 0.892 bits per heavy atom. The van der Waals surface area contributed by atoms with E-state index in [9.17, 15) is 44.4 Å². The van der Waals surface area contributed by atoms with Gasteiger partial charge in [-0.25, -0.2) is 14.4 Å². The molecule has 0 aliphatic rings. The van der Waals surface area contributed by atoms with E-state index in [2.05, 4.69) is 27.7 Å². The van der Waals surface area contributed by atoms with E-state index < -0.39 is 73.1 Å². The lowest BCUT2D eigenvalue weighted by Gasteiger charge is -2.36. The zero-order valence-corrected chi connectivity index (χ0v) is 20.6. The maximum Gasteiger partial charge on any atom is 0.359 e. The third-order valence-electron chi connectivity index (χ3n) is 5.28. The number of thiocarbonyl (C=S) groups is 1. The topological polar surface area (TPSA) is 214 Å². The fourth-order valence-corrected chi connectivity index (χ4v) is 3.94. The summed E-state index contributed by atoms with van der Waals surface area (Å²) >= 11 is 4.56. The number of aliphatic carboxylic acids is 5. The molecule has 0 saturated carbocycles. The molecule has 0 bridgehead atoms. The Kier molecular flexibility index (Phi) is 13.0. The number of hydrogen-bond acceptors (Lipinski definition) is 9. The van der Waals surface area contributed by atoms with Gasteiger partial charge in [0.25, 0.3) is 0 Å². The summed E-state index contributed by atoms with van der Waals surface area (Å²) in [5.74, 6) is -6.59. The van der Waals surface area contributed by atoms with Gasteiger partial charge in [-0.2, -0.15) is 4.99 Å². The fourth-order valence-electron chi connectivity index (χ4n) is 3.83. The van der Waals surface area contributed by atoms with E-state index in [1.165, 1.54) is 4.90 Å². The van der Waals surface area contributed by atoms with Crippen LogP contribution in [-0.2, 0) is 30.4 Å². The van der Waals surface area contributed by atoms with E-state index in [1.54, 1.807) is 24.3 Å². The van der Waals surface area contributed by atoms with Gasteiger partial charge in [0.15, 0.2) is 19.6 Å². The van der Waals surface area contributed by atoms with E-state index in [1.807, 2.05) is 0 Å². The molecule has 0 fully saturated rings. The molecule has 1 aromatic carbocycles. The van der Waals surface area contributed by atoms with Crippen molar-refractivity contribution in [2.24, 2.45) is 4.99 Å². The van der Waals surface area contributed by atoms with Gasteiger partial charge in [0.1, 0.15) is 0 Å². The highest BCUT2D eigenvalue weighted by molar-refractivity contribution is 7.78. The molecule has 37 heavy (non-hydrogen) atoms. The average Bonchev–Trinajstić information content (AvgIpc) is 2.75. The summed E-state index contributed by atoms with van der Waals surface area (Å²) in [6, 6.07) is 6.24. The van der Waals surface area contributed by atoms with Gasteiger partial charge < -0.3 is 30.8 Å². The van der Waals surface area contributed by atoms with Gasteiger partial charge in [0.2, 0.25) is 0 Å². The van der Waals surface area contributed by atoms with E-state index in [-0.39, 0.29) is 26.1 Å². The maximum atomic E-state index is 11.5. The largest absolute Gasteiger partial charge is 0.480 e. The predicted octanol–water partition coefficient (Wildman–Crippen LogP) is -0.537. The van der Waals surface area contributed by atoms with Gasteiger partial charge in [-0.3, -0.25) is 19.0 Å². The Balaban J connectivity index is 3.16. The van der Waals surface area contributed by atoms with Crippen molar-refractivity contribution in [3.05, 3.63) is 29.8 Å². The van der Waals surface area contributed by atoms with Crippen molar-refractivity contribution in [3.8, 4) is 0 Å². The average molecular weight is 542 g/mol. The van der Waals surface area contributed by atoms with Gasteiger partial charge in [-0.1, -0.05) is 12.1 Å². The van der Waals surface area contributed by atoms with Crippen LogP contribution < -0.4 is 5.32 Å². The third-order valence-corrected chi connectivity index (χ3v) is 5.37. The number of quaternary nitrogens is 1. The number of benzene rings is 1. The van der Waals surface area contributed by atoms with E-state index in [4.69, 9.17) is 5.11 Å². The van der Waals surface area contributed by atoms with Crippen LogP contribution in [0, 0.1) is 0 Å². The van der Waals surface area contributed by atoms with Crippen molar-refractivity contribution < 1.29 is 54.0 Å². The maximum absolute atomic E-state index is 11.5. The highest BCUT2D eigenvalue weighted by Crippen LogP contribution is 2.15. The third kappa shape index (κ3) is 13.2. The van der Waals surface area contributed by atoms with Gasteiger partial charge in [-0.15, -0.1) is 0 Å². The number of hydrogen-bond donors (Lipinski definition) is 6. The Bertz CT molecular complexity index is 986. The molecule has 0 aromatic heterocycles. The lowest BCUT2D eigenvalue weighted by atomic mass is 10.0. The molecule has 15 heteroatoms. The van der Waals surface area contributed by atoms with Crippen molar-refractivity contribution in [1.82, 2.24) is 10.2 Å². The van der Waals surface area contributed by atoms with E-state index >= 15 is 0 Å². The van der Waals surface area contributed by atoms with Crippen molar-refractivity contribution in [1.29, 1.82) is 0 Å². The molecular formula is C22H29N4O10S+. The molecule has 0 spiro atoms. The summed E-state index contributed by atoms with van der Waals surface area (Å²) in [5.41, 5.74) is 1.33. The summed E-state index contributed by atoms with van der Waals surface area (Å²) in [4.78, 5) is 62.1. The smallest absolute Gasteiger partial charge is 0.359 e. The lowest BCUT2D eigenvalue weighted by Crippen LogP contribution is -2.59. The second-order valence-electron chi connectivity index (χ2n) is 8.39. The molecule has 0 saturated heterocycles. The monoisotopic (exact) mass is 541 g/mol. The second-order valence-corrected chi connectivity index (χ2v) is 8.58. The first-order valence-corrected chi connectivity index (χ1v) is 11.3. The van der Waals surface area contributed by atoms with Crippen LogP contribution in [0.4, 0.5) is 5.69 Å². The van der Waals surface area contributed by atoms with Crippen LogP contribution in [0.15, 0.2) is 29.3 Å². The standard InChI is InChI=1S/C22H28N4O10S/c27-18(28)8-23-17(7-15-1-3-16(4-2-15)24-14-37)9-25(10-19(29)30)5-6-26(11-20(31)32,12-21(33)34)13-22(35)36/h1-4,17,23H,5-13H2,(H4-,27,28,29,30,31,32,33,34,35,36)/p+1. The van der Waals surface area contributed by atoms with Crippen molar-refractivity contribution >= 4 is 52.9 Å². The highest BCUT2D eigenvalue weighted by Gasteiger charge is 2.36. The number of aliphatic imine (C=N–C) groups is 1. The molecule has 0 aliphatic heterocycles. The number of isothiocyanates is 1. The van der Waals surface area contributed by atoms with Gasteiger partial charge in [0, 0.05) is 19.1 Å². The van der Waals surface area contributed by atoms with Crippen molar-refractivity contribution in [2.75, 3.05) is 52.4 Å². The van der Waals surface area contributed by atoms with Gasteiger partial charge >= 0.3 is 29.8 Å². The summed E-state index contributed by atoms with van der Waals surface area (Å²) in [5, 5.41) is 51.4. The molecule has 1 aromatic rings. The Labute approximate surface area is 217 Å². The zero-order valence-electron chi connectivity index (χ0n) is 19.8. The van der Waals surface area contributed by atoms with Crippen LogP contribution in [0.1, 0.15) is 5.56 Å². The molecule has 0 heterocycles. The molecular weight excluding hydrogens is 512 g/mol.